The Morgan fingerprint density at radius 2 is 2.07 bits per heavy atom. The third-order valence-electron chi connectivity index (χ3n) is 3.56. The van der Waals surface area contributed by atoms with Gasteiger partial charge in [0.05, 0.1) is 6.42 Å². The van der Waals surface area contributed by atoms with E-state index >= 15 is 0 Å². The molecule has 0 saturated carbocycles. The largest absolute Gasteiger partial charge is 0.390 e. The third-order valence-corrected chi connectivity index (χ3v) is 3.56. The van der Waals surface area contributed by atoms with Crippen molar-refractivity contribution in [2.75, 3.05) is 32.7 Å². The number of nitrogens with one attached hydrogen (secondary N) is 1. The summed E-state index contributed by atoms with van der Waals surface area (Å²) in [5.74, 6) is 0. The number of likely N-dealkylation sites (tertiary alicyclic amines) is 1. The van der Waals surface area contributed by atoms with Crippen LogP contribution in [0.1, 0.15) is 19.3 Å². The van der Waals surface area contributed by atoms with Crippen molar-refractivity contribution in [1.29, 1.82) is 0 Å². The zero-order valence-electron chi connectivity index (χ0n) is 8.74. The van der Waals surface area contributed by atoms with Gasteiger partial charge in [0.1, 0.15) is 0 Å². The average molecular weight is 222 g/mol. The monoisotopic (exact) mass is 222 g/mol. The van der Waals surface area contributed by atoms with E-state index in [4.69, 9.17) is 0 Å². The Kier molecular flexibility index (Phi) is 2.94. The highest BCUT2D eigenvalue weighted by molar-refractivity contribution is 4.95. The summed E-state index contributed by atoms with van der Waals surface area (Å²) in [5.41, 5.74) is 0.283. The fourth-order valence-electron chi connectivity index (χ4n) is 2.65. The molecular weight excluding hydrogens is 205 g/mol. The third kappa shape index (κ3) is 2.84. The molecule has 2 fully saturated rings. The number of alkyl halides is 3. The van der Waals surface area contributed by atoms with Crippen molar-refractivity contribution in [1.82, 2.24) is 10.2 Å². The SMILES string of the molecule is FC(F)(F)CCN1CCC2(CCNC2)C1. The number of nitrogens with zero attached hydrogens (tertiary/aromatic N) is 1. The average Bonchev–Trinajstić information content (AvgIpc) is 2.73. The maximum absolute atomic E-state index is 12.0. The molecule has 0 aromatic rings. The van der Waals surface area contributed by atoms with Crippen LogP contribution in [-0.4, -0.2) is 43.8 Å². The molecule has 2 rings (SSSR count). The lowest BCUT2D eigenvalue weighted by molar-refractivity contribution is -0.137. The van der Waals surface area contributed by atoms with Crippen LogP contribution in [0, 0.1) is 5.41 Å². The standard InChI is InChI=1S/C10H17F3N2/c11-10(12,13)3-6-15-5-2-9(8-15)1-4-14-7-9/h14H,1-8H2. The van der Waals surface area contributed by atoms with E-state index in [2.05, 4.69) is 5.32 Å². The smallest absolute Gasteiger partial charge is 0.316 e. The molecule has 1 spiro atoms. The first-order chi connectivity index (χ1) is 6.99. The quantitative estimate of drug-likeness (QED) is 0.764. The van der Waals surface area contributed by atoms with Crippen LogP contribution >= 0.6 is 0 Å². The maximum Gasteiger partial charge on any atom is 0.390 e. The first kappa shape index (κ1) is 11.2. The van der Waals surface area contributed by atoms with Gasteiger partial charge in [0.25, 0.3) is 0 Å². The lowest BCUT2D eigenvalue weighted by Gasteiger charge is -2.23. The van der Waals surface area contributed by atoms with Crippen molar-refractivity contribution in [2.45, 2.75) is 25.4 Å². The molecule has 5 heteroatoms. The molecule has 2 aliphatic rings. The van der Waals surface area contributed by atoms with E-state index < -0.39 is 12.6 Å². The van der Waals surface area contributed by atoms with E-state index in [0.717, 1.165) is 39.0 Å². The Hall–Kier alpha value is -0.290. The molecule has 0 aliphatic carbocycles. The van der Waals surface area contributed by atoms with Crippen molar-refractivity contribution < 1.29 is 13.2 Å². The highest BCUT2D eigenvalue weighted by Crippen LogP contribution is 2.36. The van der Waals surface area contributed by atoms with E-state index in [0.29, 0.717) is 0 Å². The van der Waals surface area contributed by atoms with Crippen molar-refractivity contribution >= 4 is 0 Å². The fourth-order valence-corrected chi connectivity index (χ4v) is 2.65. The van der Waals surface area contributed by atoms with Gasteiger partial charge in [-0.2, -0.15) is 13.2 Å². The van der Waals surface area contributed by atoms with Crippen molar-refractivity contribution in [3.63, 3.8) is 0 Å². The Bertz CT molecular complexity index is 221. The summed E-state index contributed by atoms with van der Waals surface area (Å²) >= 11 is 0. The van der Waals surface area contributed by atoms with Crippen LogP contribution < -0.4 is 5.32 Å². The van der Waals surface area contributed by atoms with E-state index in [-0.39, 0.29) is 12.0 Å². The summed E-state index contributed by atoms with van der Waals surface area (Å²) in [5, 5.41) is 3.30. The molecule has 88 valence electrons. The van der Waals surface area contributed by atoms with Crippen LogP contribution in [0.4, 0.5) is 13.2 Å². The second-order valence-corrected chi connectivity index (χ2v) is 4.82. The van der Waals surface area contributed by atoms with Gasteiger partial charge in [-0.3, -0.25) is 0 Å². The predicted molar refractivity (Wildman–Crippen MR) is 51.6 cm³/mol. The van der Waals surface area contributed by atoms with Gasteiger partial charge in [-0.25, -0.2) is 0 Å². The highest BCUT2D eigenvalue weighted by atomic mass is 19.4. The summed E-state index contributed by atoms with van der Waals surface area (Å²) in [4.78, 5) is 1.96. The highest BCUT2D eigenvalue weighted by Gasteiger charge is 2.40. The Labute approximate surface area is 87.8 Å². The Morgan fingerprint density at radius 3 is 2.67 bits per heavy atom. The summed E-state index contributed by atoms with van der Waals surface area (Å²) in [7, 11) is 0. The first-order valence-corrected chi connectivity index (χ1v) is 5.49. The van der Waals surface area contributed by atoms with Crippen LogP contribution in [0.25, 0.3) is 0 Å². The molecule has 0 bridgehead atoms. The number of halogens is 3. The maximum atomic E-state index is 12.0. The minimum Gasteiger partial charge on any atom is -0.316 e. The summed E-state index contributed by atoms with van der Waals surface area (Å²) in [6, 6.07) is 0. The van der Waals surface area contributed by atoms with E-state index in [1.165, 1.54) is 0 Å². The van der Waals surface area contributed by atoms with Gasteiger partial charge in [0.2, 0.25) is 0 Å². The van der Waals surface area contributed by atoms with Gasteiger partial charge in [-0.1, -0.05) is 0 Å². The molecule has 2 aliphatic heterocycles. The zero-order valence-corrected chi connectivity index (χ0v) is 8.74. The lowest BCUT2D eigenvalue weighted by Crippen LogP contribution is -2.31. The summed E-state index contributed by atoms with van der Waals surface area (Å²) in [6.45, 7) is 3.85. The van der Waals surface area contributed by atoms with E-state index in [9.17, 15) is 13.2 Å². The van der Waals surface area contributed by atoms with Crippen LogP contribution in [0.5, 0.6) is 0 Å². The van der Waals surface area contributed by atoms with Crippen LogP contribution in [0.15, 0.2) is 0 Å². The van der Waals surface area contributed by atoms with Crippen LogP contribution in [-0.2, 0) is 0 Å². The molecule has 1 N–H and O–H groups in total. The Morgan fingerprint density at radius 1 is 1.27 bits per heavy atom. The van der Waals surface area contributed by atoms with Gasteiger partial charge in [-0.05, 0) is 31.3 Å². The molecule has 2 heterocycles. The minimum atomic E-state index is -4.01. The molecule has 1 atom stereocenters. The van der Waals surface area contributed by atoms with Gasteiger partial charge in [0, 0.05) is 19.6 Å². The molecule has 2 saturated heterocycles. The molecule has 1 unspecified atom stereocenters. The molecular formula is C10H17F3N2. The lowest BCUT2D eigenvalue weighted by atomic mass is 9.87. The van der Waals surface area contributed by atoms with Crippen LogP contribution in [0.2, 0.25) is 0 Å². The first-order valence-electron chi connectivity index (χ1n) is 5.49. The van der Waals surface area contributed by atoms with Gasteiger partial charge < -0.3 is 10.2 Å². The van der Waals surface area contributed by atoms with Gasteiger partial charge in [-0.15, -0.1) is 0 Å². The second kappa shape index (κ2) is 3.94. The molecule has 0 radical (unpaired) electrons. The molecule has 0 aromatic carbocycles. The van der Waals surface area contributed by atoms with Crippen LogP contribution in [0.3, 0.4) is 0 Å². The normalized spacial score (nSPS) is 33.0. The van der Waals surface area contributed by atoms with Gasteiger partial charge in [0.15, 0.2) is 0 Å². The fraction of sp³-hybridized carbons (Fsp3) is 1.00. The molecule has 0 amide bonds. The molecule has 2 nitrogen and oxygen atoms in total. The number of hydrogen-bond acceptors (Lipinski definition) is 2. The topological polar surface area (TPSA) is 15.3 Å². The Balaban J connectivity index is 1.78. The minimum absolute atomic E-state index is 0.172. The van der Waals surface area contributed by atoms with E-state index in [1.807, 2.05) is 4.90 Å². The van der Waals surface area contributed by atoms with Crippen molar-refractivity contribution in [2.24, 2.45) is 5.41 Å². The van der Waals surface area contributed by atoms with Crippen molar-refractivity contribution in [3.05, 3.63) is 0 Å². The zero-order chi connectivity index (χ0) is 10.9. The van der Waals surface area contributed by atoms with Crippen molar-refractivity contribution in [3.8, 4) is 0 Å². The second-order valence-electron chi connectivity index (χ2n) is 4.82. The predicted octanol–water partition coefficient (Wildman–Crippen LogP) is 1.62. The molecule has 15 heavy (non-hydrogen) atoms. The molecule has 0 aromatic heterocycles. The number of rotatable bonds is 2. The number of hydrogen-bond donors (Lipinski definition) is 1. The van der Waals surface area contributed by atoms with Gasteiger partial charge >= 0.3 is 6.18 Å². The summed E-state index contributed by atoms with van der Waals surface area (Å²) < 4.78 is 36.1. The van der Waals surface area contributed by atoms with E-state index in [1.54, 1.807) is 0 Å². The summed E-state index contributed by atoms with van der Waals surface area (Å²) in [6.07, 6.45) is -2.51.